The van der Waals surface area contributed by atoms with Crippen LogP contribution < -0.4 is 0 Å². The number of fused-ring (bicyclic) bond motifs is 1. The fourth-order valence-corrected chi connectivity index (χ4v) is 3.19. The van der Waals surface area contributed by atoms with Crippen molar-refractivity contribution in [3.05, 3.63) is 0 Å². The maximum atomic E-state index is 11.4. The molecule has 0 spiro atoms. The molecular weight excluding hydrogens is 204 g/mol. The van der Waals surface area contributed by atoms with Gasteiger partial charge in [0.25, 0.3) is 0 Å². The minimum Gasteiger partial charge on any atom is -0.395 e. The molecule has 2 heterocycles. The van der Waals surface area contributed by atoms with Crippen LogP contribution in [-0.4, -0.2) is 43.9 Å². The van der Waals surface area contributed by atoms with Crippen molar-refractivity contribution < 1.29 is 13.3 Å². The summed E-state index contributed by atoms with van der Waals surface area (Å²) in [6, 6.07) is 0.00157. The van der Waals surface area contributed by atoms with E-state index >= 15 is 0 Å². The summed E-state index contributed by atoms with van der Waals surface area (Å²) in [5, 5.41) is 3.92. The predicted molar refractivity (Wildman–Crippen MR) is 52.5 cm³/mol. The molecule has 0 amide bonds. The number of nitrogens with zero attached hydrogens (tertiary/aromatic N) is 2. The van der Waals surface area contributed by atoms with Crippen molar-refractivity contribution >= 4 is 15.7 Å². The molecule has 14 heavy (non-hydrogen) atoms. The first kappa shape index (κ1) is 9.92. The van der Waals surface area contributed by atoms with Crippen LogP contribution in [0.5, 0.6) is 0 Å². The zero-order valence-corrected chi connectivity index (χ0v) is 9.12. The van der Waals surface area contributed by atoms with E-state index in [0.717, 1.165) is 5.71 Å². The first-order valence-electron chi connectivity index (χ1n) is 4.64. The standard InChI is InChI=1S/C8H14N2O3S/c1-6-3-8-7(5-13-9-8)4-10(6)14(2,11)12/h6-7H,3-5H2,1-2H3/t6-,7+/m1/s1. The van der Waals surface area contributed by atoms with E-state index in [-0.39, 0.29) is 12.0 Å². The Kier molecular flexibility index (Phi) is 2.27. The lowest BCUT2D eigenvalue weighted by atomic mass is 9.94. The maximum Gasteiger partial charge on any atom is 0.211 e. The van der Waals surface area contributed by atoms with Crippen molar-refractivity contribution in [1.82, 2.24) is 4.31 Å². The highest BCUT2D eigenvalue weighted by Crippen LogP contribution is 2.25. The average molecular weight is 218 g/mol. The Morgan fingerprint density at radius 3 is 2.93 bits per heavy atom. The SMILES string of the molecule is C[C@@H]1CC2=NOC[C@@H]2CN1S(C)(=O)=O. The maximum absolute atomic E-state index is 11.4. The van der Waals surface area contributed by atoms with Gasteiger partial charge in [-0.15, -0.1) is 0 Å². The van der Waals surface area contributed by atoms with Crippen molar-refractivity contribution in [2.45, 2.75) is 19.4 Å². The van der Waals surface area contributed by atoms with E-state index in [9.17, 15) is 8.42 Å². The molecule has 0 aliphatic carbocycles. The molecule has 2 aliphatic heterocycles. The summed E-state index contributed by atoms with van der Waals surface area (Å²) in [5.41, 5.74) is 1.01. The summed E-state index contributed by atoms with van der Waals surface area (Å²) in [6.07, 6.45) is 1.94. The Morgan fingerprint density at radius 1 is 1.57 bits per heavy atom. The molecule has 1 fully saturated rings. The molecule has 0 aromatic carbocycles. The van der Waals surface area contributed by atoms with E-state index in [0.29, 0.717) is 19.6 Å². The minimum atomic E-state index is -3.09. The fourth-order valence-electron chi connectivity index (χ4n) is 2.01. The number of rotatable bonds is 1. The van der Waals surface area contributed by atoms with E-state index in [1.165, 1.54) is 10.6 Å². The molecule has 0 radical (unpaired) electrons. The van der Waals surface area contributed by atoms with Gasteiger partial charge in [-0.1, -0.05) is 5.16 Å². The number of oxime groups is 1. The van der Waals surface area contributed by atoms with Gasteiger partial charge in [-0.2, -0.15) is 4.31 Å². The highest BCUT2D eigenvalue weighted by molar-refractivity contribution is 7.88. The van der Waals surface area contributed by atoms with E-state index in [4.69, 9.17) is 4.84 Å². The molecule has 0 N–H and O–H groups in total. The van der Waals surface area contributed by atoms with Gasteiger partial charge in [-0.05, 0) is 6.92 Å². The second-order valence-corrected chi connectivity index (χ2v) is 5.90. The molecule has 0 aromatic rings. The molecule has 0 unspecified atom stereocenters. The summed E-state index contributed by atoms with van der Waals surface area (Å²) in [7, 11) is -3.09. The molecule has 1 saturated heterocycles. The number of hydrogen-bond donors (Lipinski definition) is 0. The predicted octanol–water partition coefficient (Wildman–Crippen LogP) is 0.0426. The van der Waals surface area contributed by atoms with E-state index < -0.39 is 10.0 Å². The van der Waals surface area contributed by atoms with Crippen LogP contribution in [0.25, 0.3) is 0 Å². The number of piperidine rings is 1. The Hall–Kier alpha value is -0.620. The molecule has 0 bridgehead atoms. The normalized spacial score (nSPS) is 33.4. The van der Waals surface area contributed by atoms with E-state index in [1.54, 1.807) is 0 Å². The van der Waals surface area contributed by atoms with Crippen LogP contribution in [0.2, 0.25) is 0 Å². The number of hydrogen-bond acceptors (Lipinski definition) is 4. The molecule has 2 atom stereocenters. The Bertz CT molecular complexity index is 363. The summed E-state index contributed by atoms with van der Waals surface area (Å²) in [6.45, 7) is 2.94. The van der Waals surface area contributed by atoms with Crippen LogP contribution >= 0.6 is 0 Å². The van der Waals surface area contributed by atoms with E-state index in [2.05, 4.69) is 5.16 Å². The summed E-state index contributed by atoms with van der Waals surface area (Å²) >= 11 is 0. The fraction of sp³-hybridized carbons (Fsp3) is 0.875. The van der Waals surface area contributed by atoms with Crippen LogP contribution in [0.4, 0.5) is 0 Å². The minimum absolute atomic E-state index is 0.00157. The lowest BCUT2D eigenvalue weighted by Crippen LogP contribution is -2.48. The lowest BCUT2D eigenvalue weighted by Gasteiger charge is -2.33. The highest BCUT2D eigenvalue weighted by Gasteiger charge is 2.38. The number of sulfonamides is 1. The highest BCUT2D eigenvalue weighted by atomic mass is 32.2. The van der Waals surface area contributed by atoms with Crippen molar-refractivity contribution in [2.24, 2.45) is 11.1 Å². The second-order valence-electron chi connectivity index (χ2n) is 3.96. The van der Waals surface area contributed by atoms with Crippen LogP contribution in [-0.2, 0) is 14.9 Å². The van der Waals surface area contributed by atoms with Crippen LogP contribution in [0.3, 0.4) is 0 Å². The van der Waals surface area contributed by atoms with Gasteiger partial charge < -0.3 is 4.84 Å². The average Bonchev–Trinajstić information content (AvgIpc) is 2.47. The van der Waals surface area contributed by atoms with Gasteiger partial charge in [0, 0.05) is 19.0 Å². The van der Waals surface area contributed by atoms with Gasteiger partial charge in [0.15, 0.2) is 0 Å². The monoisotopic (exact) mass is 218 g/mol. The van der Waals surface area contributed by atoms with Crippen LogP contribution in [0.15, 0.2) is 5.16 Å². The van der Waals surface area contributed by atoms with Crippen molar-refractivity contribution in [2.75, 3.05) is 19.4 Å². The first-order valence-corrected chi connectivity index (χ1v) is 6.49. The zero-order valence-electron chi connectivity index (χ0n) is 8.30. The Labute approximate surface area is 83.8 Å². The summed E-state index contributed by atoms with van der Waals surface area (Å²) in [5.74, 6) is 0.168. The van der Waals surface area contributed by atoms with Crippen molar-refractivity contribution in [1.29, 1.82) is 0 Å². The largest absolute Gasteiger partial charge is 0.395 e. The summed E-state index contributed by atoms with van der Waals surface area (Å²) < 4.78 is 24.4. The van der Waals surface area contributed by atoms with Crippen LogP contribution in [0, 0.1) is 5.92 Å². The molecule has 2 aliphatic rings. The third-order valence-corrected chi connectivity index (χ3v) is 4.11. The van der Waals surface area contributed by atoms with Gasteiger partial charge in [-0.25, -0.2) is 8.42 Å². The molecule has 5 nitrogen and oxygen atoms in total. The lowest BCUT2D eigenvalue weighted by molar-refractivity contribution is 0.146. The van der Waals surface area contributed by atoms with Gasteiger partial charge in [0.05, 0.1) is 17.9 Å². The molecule has 0 aromatic heterocycles. The summed E-state index contributed by atoms with van der Waals surface area (Å²) in [4.78, 5) is 4.97. The zero-order chi connectivity index (χ0) is 10.3. The van der Waals surface area contributed by atoms with Gasteiger partial charge in [-0.3, -0.25) is 0 Å². The molecule has 0 saturated carbocycles. The van der Waals surface area contributed by atoms with Crippen LogP contribution in [0.1, 0.15) is 13.3 Å². The van der Waals surface area contributed by atoms with Gasteiger partial charge in [0.2, 0.25) is 10.0 Å². The van der Waals surface area contributed by atoms with Gasteiger partial charge in [0.1, 0.15) is 6.61 Å². The molecule has 6 heteroatoms. The second kappa shape index (κ2) is 3.20. The van der Waals surface area contributed by atoms with Crippen molar-refractivity contribution in [3.63, 3.8) is 0 Å². The third-order valence-electron chi connectivity index (χ3n) is 2.75. The third kappa shape index (κ3) is 1.64. The molecular formula is C8H14N2O3S. The molecule has 80 valence electrons. The Balaban J connectivity index is 2.20. The molecule has 2 rings (SSSR count). The first-order chi connectivity index (χ1) is 6.48. The smallest absolute Gasteiger partial charge is 0.211 e. The Morgan fingerprint density at radius 2 is 2.29 bits per heavy atom. The topological polar surface area (TPSA) is 59.0 Å². The van der Waals surface area contributed by atoms with E-state index in [1.807, 2.05) is 6.92 Å². The quantitative estimate of drug-likeness (QED) is 0.624. The van der Waals surface area contributed by atoms with Gasteiger partial charge >= 0.3 is 0 Å². The van der Waals surface area contributed by atoms with Crippen molar-refractivity contribution in [3.8, 4) is 0 Å².